The molecule has 0 aliphatic rings. The van der Waals surface area contributed by atoms with Crippen LogP contribution in [-0.2, 0) is 6.54 Å². The molecule has 5 heteroatoms. The van der Waals surface area contributed by atoms with E-state index >= 15 is 0 Å². The van der Waals surface area contributed by atoms with Crippen molar-refractivity contribution in [2.75, 3.05) is 12.4 Å². The molecule has 0 saturated heterocycles. The minimum atomic E-state index is 0.165. The third-order valence-corrected chi connectivity index (χ3v) is 3.50. The first-order valence-corrected chi connectivity index (χ1v) is 6.65. The lowest BCUT2D eigenvalue weighted by Gasteiger charge is -2.07. The predicted molar refractivity (Wildman–Crippen MR) is 70.6 cm³/mol. The van der Waals surface area contributed by atoms with Gasteiger partial charge >= 0.3 is 0 Å². The van der Waals surface area contributed by atoms with Crippen LogP contribution in [0, 0.1) is 0 Å². The summed E-state index contributed by atoms with van der Waals surface area (Å²) < 4.78 is 2.06. The highest BCUT2D eigenvalue weighted by Crippen LogP contribution is 2.17. The lowest BCUT2D eigenvalue weighted by Crippen LogP contribution is -2.01. The summed E-state index contributed by atoms with van der Waals surface area (Å²) in [5.41, 5.74) is 1.18. The summed E-state index contributed by atoms with van der Waals surface area (Å²) in [6.07, 6.45) is 3.71. The van der Waals surface area contributed by atoms with Gasteiger partial charge in [0.25, 0.3) is 0 Å². The summed E-state index contributed by atoms with van der Waals surface area (Å²) in [6.45, 7) is 0.934. The van der Waals surface area contributed by atoms with Crippen LogP contribution < -0.4 is 0 Å². The number of benzene rings is 1. The van der Waals surface area contributed by atoms with E-state index in [0.717, 1.165) is 16.7 Å². The van der Waals surface area contributed by atoms with Gasteiger partial charge in [0.15, 0.2) is 5.16 Å². The summed E-state index contributed by atoms with van der Waals surface area (Å²) in [4.78, 5) is 4.26. The number of aliphatic hydroxyl groups excluding tert-OH is 1. The van der Waals surface area contributed by atoms with Crippen LogP contribution in [0.1, 0.15) is 5.56 Å². The zero-order valence-corrected chi connectivity index (χ0v) is 10.8. The van der Waals surface area contributed by atoms with Crippen LogP contribution in [-0.4, -0.2) is 27.0 Å². The van der Waals surface area contributed by atoms with Crippen LogP contribution in [0.4, 0.5) is 0 Å². The fraction of sp³-hybridized carbons (Fsp3) is 0.250. The van der Waals surface area contributed by atoms with Gasteiger partial charge in [-0.15, -0.1) is 0 Å². The highest BCUT2D eigenvalue weighted by molar-refractivity contribution is 7.99. The predicted octanol–water partition coefficient (Wildman–Crippen LogP) is 2.67. The van der Waals surface area contributed by atoms with Crippen LogP contribution >= 0.6 is 23.4 Å². The molecule has 0 bridgehead atoms. The van der Waals surface area contributed by atoms with Gasteiger partial charge in [0.1, 0.15) is 0 Å². The molecule has 0 fully saturated rings. The number of rotatable bonds is 5. The number of nitrogens with zero attached hydrogens (tertiary/aromatic N) is 2. The monoisotopic (exact) mass is 268 g/mol. The summed E-state index contributed by atoms with van der Waals surface area (Å²) in [5.74, 6) is 0.664. The SMILES string of the molecule is OCCSc1nccn1Cc1ccc(Cl)cc1. The van der Waals surface area contributed by atoms with E-state index in [2.05, 4.69) is 9.55 Å². The lowest BCUT2D eigenvalue weighted by molar-refractivity contribution is 0.322. The Kier molecular flexibility index (Phi) is 4.48. The summed E-state index contributed by atoms with van der Waals surface area (Å²) in [7, 11) is 0. The third kappa shape index (κ3) is 3.49. The smallest absolute Gasteiger partial charge is 0.168 e. The first kappa shape index (κ1) is 12.5. The zero-order chi connectivity index (χ0) is 12.1. The van der Waals surface area contributed by atoms with Gasteiger partial charge in [-0.25, -0.2) is 4.98 Å². The van der Waals surface area contributed by atoms with Crippen molar-refractivity contribution in [2.45, 2.75) is 11.7 Å². The van der Waals surface area contributed by atoms with Crippen LogP contribution in [0.2, 0.25) is 5.02 Å². The second kappa shape index (κ2) is 6.10. The topological polar surface area (TPSA) is 38.1 Å². The molecule has 1 N–H and O–H groups in total. The highest BCUT2D eigenvalue weighted by atomic mass is 35.5. The second-order valence-electron chi connectivity index (χ2n) is 3.54. The number of aromatic nitrogens is 2. The first-order valence-electron chi connectivity index (χ1n) is 5.29. The molecular weight excluding hydrogens is 256 g/mol. The molecule has 1 aromatic carbocycles. The van der Waals surface area contributed by atoms with E-state index < -0.39 is 0 Å². The Morgan fingerprint density at radius 1 is 1.29 bits per heavy atom. The minimum absolute atomic E-state index is 0.165. The van der Waals surface area contributed by atoms with Crippen molar-refractivity contribution in [1.82, 2.24) is 9.55 Å². The Hall–Kier alpha value is -0.970. The Balaban J connectivity index is 2.07. The molecule has 0 amide bonds. The summed E-state index contributed by atoms with van der Waals surface area (Å²) in [6, 6.07) is 7.77. The first-order chi connectivity index (χ1) is 8.29. The van der Waals surface area contributed by atoms with Crippen LogP contribution in [0.5, 0.6) is 0 Å². The van der Waals surface area contributed by atoms with Gasteiger partial charge < -0.3 is 9.67 Å². The number of halogens is 1. The van der Waals surface area contributed by atoms with Gasteiger partial charge in [-0.2, -0.15) is 0 Å². The normalized spacial score (nSPS) is 10.7. The fourth-order valence-electron chi connectivity index (χ4n) is 1.48. The molecule has 2 rings (SSSR count). The number of hydrogen-bond acceptors (Lipinski definition) is 3. The Labute approximate surface area is 109 Å². The molecule has 0 spiro atoms. The van der Waals surface area contributed by atoms with Crippen molar-refractivity contribution in [1.29, 1.82) is 0 Å². The summed E-state index contributed by atoms with van der Waals surface area (Å²) in [5, 5.41) is 10.5. The van der Waals surface area contributed by atoms with Crippen LogP contribution in [0.3, 0.4) is 0 Å². The molecule has 0 saturated carbocycles. The van der Waals surface area contributed by atoms with Crippen molar-refractivity contribution < 1.29 is 5.11 Å². The van der Waals surface area contributed by atoms with Gasteiger partial charge in [0.05, 0.1) is 6.61 Å². The maximum atomic E-state index is 8.80. The highest BCUT2D eigenvalue weighted by Gasteiger charge is 2.03. The Bertz CT molecular complexity index is 470. The van der Waals surface area contributed by atoms with Crippen molar-refractivity contribution in [3.05, 3.63) is 47.2 Å². The zero-order valence-electron chi connectivity index (χ0n) is 9.21. The largest absolute Gasteiger partial charge is 0.396 e. The van der Waals surface area contributed by atoms with Crippen molar-refractivity contribution in [3.63, 3.8) is 0 Å². The molecule has 1 heterocycles. The van der Waals surface area contributed by atoms with E-state index in [4.69, 9.17) is 16.7 Å². The number of imidazole rings is 1. The molecule has 0 aliphatic heterocycles. The molecular formula is C12H13ClN2OS. The van der Waals surface area contributed by atoms with E-state index in [-0.39, 0.29) is 6.61 Å². The van der Waals surface area contributed by atoms with Crippen LogP contribution in [0.15, 0.2) is 41.8 Å². The van der Waals surface area contributed by atoms with Crippen LogP contribution in [0.25, 0.3) is 0 Å². The molecule has 0 unspecified atom stereocenters. The van der Waals surface area contributed by atoms with Crippen molar-refractivity contribution >= 4 is 23.4 Å². The van der Waals surface area contributed by atoms with E-state index in [1.54, 1.807) is 18.0 Å². The van der Waals surface area contributed by atoms with E-state index in [1.165, 1.54) is 5.56 Å². The molecule has 2 aromatic rings. The molecule has 3 nitrogen and oxygen atoms in total. The van der Waals surface area contributed by atoms with Crippen molar-refractivity contribution in [2.24, 2.45) is 0 Å². The molecule has 1 aromatic heterocycles. The third-order valence-electron chi connectivity index (χ3n) is 2.27. The fourth-order valence-corrected chi connectivity index (χ4v) is 2.31. The number of thioether (sulfide) groups is 1. The second-order valence-corrected chi connectivity index (χ2v) is 5.03. The Morgan fingerprint density at radius 2 is 2.06 bits per heavy atom. The molecule has 0 aliphatic carbocycles. The van der Waals surface area contributed by atoms with Crippen molar-refractivity contribution in [3.8, 4) is 0 Å². The molecule has 90 valence electrons. The lowest BCUT2D eigenvalue weighted by atomic mass is 10.2. The maximum Gasteiger partial charge on any atom is 0.168 e. The number of hydrogen-bond donors (Lipinski definition) is 1. The Morgan fingerprint density at radius 3 is 2.76 bits per heavy atom. The van der Waals surface area contributed by atoms with E-state index in [1.807, 2.05) is 30.5 Å². The van der Waals surface area contributed by atoms with Gasteiger partial charge in [0, 0.05) is 29.7 Å². The molecule has 0 atom stereocenters. The minimum Gasteiger partial charge on any atom is -0.396 e. The number of aliphatic hydroxyl groups is 1. The van der Waals surface area contributed by atoms with Gasteiger partial charge in [0.2, 0.25) is 0 Å². The van der Waals surface area contributed by atoms with E-state index in [0.29, 0.717) is 5.75 Å². The standard InChI is InChI=1S/C12H13ClN2OS/c13-11-3-1-10(2-4-11)9-15-6-5-14-12(15)17-8-7-16/h1-6,16H,7-9H2. The van der Waals surface area contributed by atoms with Gasteiger partial charge in [-0.1, -0.05) is 35.5 Å². The maximum absolute atomic E-state index is 8.80. The van der Waals surface area contributed by atoms with Gasteiger partial charge in [-0.3, -0.25) is 0 Å². The summed E-state index contributed by atoms with van der Waals surface area (Å²) >= 11 is 7.39. The molecule has 0 radical (unpaired) electrons. The molecule has 17 heavy (non-hydrogen) atoms. The average molecular weight is 269 g/mol. The van der Waals surface area contributed by atoms with E-state index in [9.17, 15) is 0 Å². The average Bonchev–Trinajstić information content (AvgIpc) is 2.77. The quantitative estimate of drug-likeness (QED) is 0.848. The van der Waals surface area contributed by atoms with Gasteiger partial charge in [-0.05, 0) is 17.7 Å².